The summed E-state index contributed by atoms with van der Waals surface area (Å²) < 4.78 is 2.24. The maximum atomic E-state index is 10.2. The average Bonchev–Trinajstić information content (AvgIpc) is 2.64. The zero-order valence-electron chi connectivity index (χ0n) is 11.0. The number of fused-ring (bicyclic) bond motifs is 1. The second-order valence-electron chi connectivity index (χ2n) is 5.24. The monoisotopic (exact) mass is 244 g/mol. The van der Waals surface area contributed by atoms with Crippen LogP contribution >= 0.6 is 0 Å². The Bertz CT molecular complexity index is 573. The molecule has 3 rings (SSSR count). The number of nitrogens with zero attached hydrogens (tertiary/aromatic N) is 1. The van der Waals surface area contributed by atoms with Gasteiger partial charge in [-0.3, -0.25) is 0 Å². The highest BCUT2D eigenvalue weighted by Gasteiger charge is 2.28. The zero-order chi connectivity index (χ0) is 12.7. The lowest BCUT2D eigenvalue weighted by atomic mass is 9.86. The van der Waals surface area contributed by atoms with Gasteiger partial charge in [-0.1, -0.05) is 18.2 Å². The number of hydrogen-bond acceptors (Lipinski definition) is 2. The zero-order valence-corrected chi connectivity index (χ0v) is 11.0. The van der Waals surface area contributed by atoms with Crippen molar-refractivity contribution in [1.82, 2.24) is 9.88 Å². The molecule has 18 heavy (non-hydrogen) atoms. The molecule has 2 N–H and O–H groups in total. The maximum absolute atomic E-state index is 10.2. The fraction of sp³-hybridized carbons (Fsp3) is 0.467. The van der Waals surface area contributed by atoms with Gasteiger partial charge in [0.05, 0.1) is 6.10 Å². The van der Waals surface area contributed by atoms with E-state index < -0.39 is 0 Å². The molecule has 0 spiro atoms. The van der Waals surface area contributed by atoms with Gasteiger partial charge in [-0.2, -0.15) is 0 Å². The minimum absolute atomic E-state index is 0.261. The van der Waals surface area contributed by atoms with E-state index in [4.69, 9.17) is 0 Å². The number of rotatable bonds is 1. The van der Waals surface area contributed by atoms with Crippen LogP contribution in [-0.2, 0) is 7.05 Å². The van der Waals surface area contributed by atoms with Crippen molar-refractivity contribution in [2.45, 2.75) is 25.4 Å². The van der Waals surface area contributed by atoms with E-state index in [1.54, 1.807) is 0 Å². The highest BCUT2D eigenvalue weighted by Crippen LogP contribution is 2.35. The fourth-order valence-corrected chi connectivity index (χ4v) is 3.20. The summed E-state index contributed by atoms with van der Waals surface area (Å²) in [5.74, 6) is 0.261. The van der Waals surface area contributed by atoms with Crippen LogP contribution in [0.4, 0.5) is 0 Å². The summed E-state index contributed by atoms with van der Waals surface area (Å²) in [5.41, 5.74) is 3.87. The van der Waals surface area contributed by atoms with Crippen molar-refractivity contribution in [2.75, 3.05) is 13.1 Å². The summed E-state index contributed by atoms with van der Waals surface area (Å²) in [5, 5.41) is 14.8. The lowest BCUT2D eigenvalue weighted by Gasteiger charge is -2.29. The first-order chi connectivity index (χ1) is 8.70. The fourth-order valence-electron chi connectivity index (χ4n) is 3.20. The van der Waals surface area contributed by atoms with Gasteiger partial charge >= 0.3 is 0 Å². The molecule has 3 heteroatoms. The van der Waals surface area contributed by atoms with Crippen LogP contribution < -0.4 is 5.32 Å². The standard InChI is InChI=1S/C15H20N2O/c1-10-15(12-7-8-16-9-14(12)18)11-5-3-4-6-13(11)17(10)2/h3-6,12,14,16,18H,7-9H2,1-2H3. The van der Waals surface area contributed by atoms with Crippen molar-refractivity contribution < 1.29 is 5.11 Å². The van der Waals surface area contributed by atoms with Crippen molar-refractivity contribution in [2.24, 2.45) is 7.05 Å². The molecule has 1 aliphatic heterocycles. The molecule has 2 atom stereocenters. The van der Waals surface area contributed by atoms with Crippen LogP contribution in [0.1, 0.15) is 23.6 Å². The topological polar surface area (TPSA) is 37.2 Å². The Kier molecular flexibility index (Phi) is 2.88. The van der Waals surface area contributed by atoms with Gasteiger partial charge in [0.25, 0.3) is 0 Å². The highest BCUT2D eigenvalue weighted by molar-refractivity contribution is 5.86. The molecule has 2 unspecified atom stereocenters. The normalized spacial score (nSPS) is 24.6. The molecule has 3 nitrogen and oxygen atoms in total. The summed E-state index contributed by atoms with van der Waals surface area (Å²) >= 11 is 0. The number of benzene rings is 1. The Morgan fingerprint density at radius 2 is 2.11 bits per heavy atom. The van der Waals surface area contributed by atoms with Crippen molar-refractivity contribution >= 4 is 10.9 Å². The first-order valence-corrected chi connectivity index (χ1v) is 6.63. The lowest BCUT2D eigenvalue weighted by Crippen LogP contribution is -2.39. The van der Waals surface area contributed by atoms with E-state index in [0.717, 1.165) is 13.0 Å². The third-order valence-electron chi connectivity index (χ3n) is 4.27. The smallest absolute Gasteiger partial charge is 0.0734 e. The minimum Gasteiger partial charge on any atom is -0.391 e. The summed E-state index contributed by atoms with van der Waals surface area (Å²) in [6.45, 7) is 3.85. The van der Waals surface area contributed by atoms with Crippen LogP contribution in [0.5, 0.6) is 0 Å². The third kappa shape index (κ3) is 1.66. The molecule has 0 radical (unpaired) electrons. The second kappa shape index (κ2) is 4.41. The Labute approximate surface area is 107 Å². The van der Waals surface area contributed by atoms with E-state index >= 15 is 0 Å². The Hall–Kier alpha value is -1.32. The molecule has 0 bridgehead atoms. The number of β-amino-alcohol motifs (C(OH)–C–C–N with tert-alkyl or cyclic N) is 1. The summed E-state index contributed by atoms with van der Waals surface area (Å²) in [4.78, 5) is 0. The lowest BCUT2D eigenvalue weighted by molar-refractivity contribution is 0.118. The van der Waals surface area contributed by atoms with Gasteiger partial charge in [0.1, 0.15) is 0 Å². The van der Waals surface area contributed by atoms with Crippen molar-refractivity contribution in [3.05, 3.63) is 35.5 Å². The van der Waals surface area contributed by atoms with E-state index in [0.29, 0.717) is 6.54 Å². The van der Waals surface area contributed by atoms with Crippen LogP contribution in [0, 0.1) is 6.92 Å². The quantitative estimate of drug-likeness (QED) is 0.804. The van der Waals surface area contributed by atoms with E-state index in [1.807, 2.05) is 0 Å². The molecule has 0 amide bonds. The van der Waals surface area contributed by atoms with E-state index in [9.17, 15) is 5.11 Å². The van der Waals surface area contributed by atoms with Crippen LogP contribution in [0.15, 0.2) is 24.3 Å². The van der Waals surface area contributed by atoms with E-state index in [-0.39, 0.29) is 12.0 Å². The largest absolute Gasteiger partial charge is 0.391 e. The Morgan fingerprint density at radius 1 is 1.33 bits per heavy atom. The van der Waals surface area contributed by atoms with Gasteiger partial charge in [0.15, 0.2) is 0 Å². The van der Waals surface area contributed by atoms with Crippen LogP contribution in [0.3, 0.4) is 0 Å². The maximum Gasteiger partial charge on any atom is 0.0734 e. The number of hydrogen-bond donors (Lipinski definition) is 2. The third-order valence-corrected chi connectivity index (χ3v) is 4.27. The van der Waals surface area contributed by atoms with Gasteiger partial charge in [0, 0.05) is 36.1 Å². The van der Waals surface area contributed by atoms with Gasteiger partial charge < -0.3 is 15.0 Å². The average molecular weight is 244 g/mol. The molecule has 2 heterocycles. The van der Waals surface area contributed by atoms with Gasteiger partial charge in [0.2, 0.25) is 0 Å². The van der Waals surface area contributed by atoms with Crippen molar-refractivity contribution in [1.29, 1.82) is 0 Å². The van der Waals surface area contributed by atoms with E-state index in [1.165, 1.54) is 22.2 Å². The number of aromatic nitrogens is 1. The van der Waals surface area contributed by atoms with Gasteiger partial charge in [-0.15, -0.1) is 0 Å². The molecular formula is C15H20N2O. The predicted molar refractivity (Wildman–Crippen MR) is 73.9 cm³/mol. The minimum atomic E-state index is -0.275. The number of nitrogens with one attached hydrogen (secondary N) is 1. The van der Waals surface area contributed by atoms with Crippen molar-refractivity contribution in [3.63, 3.8) is 0 Å². The molecule has 0 aliphatic carbocycles. The SMILES string of the molecule is Cc1c(C2CCNCC2O)c2ccccc2n1C. The summed E-state index contributed by atoms with van der Waals surface area (Å²) in [7, 11) is 2.11. The molecular weight excluding hydrogens is 224 g/mol. The van der Waals surface area contributed by atoms with Crippen LogP contribution in [0.2, 0.25) is 0 Å². The molecule has 2 aromatic rings. The van der Waals surface area contributed by atoms with Gasteiger partial charge in [-0.25, -0.2) is 0 Å². The Morgan fingerprint density at radius 3 is 2.89 bits per heavy atom. The molecule has 1 aromatic carbocycles. The van der Waals surface area contributed by atoms with Crippen LogP contribution in [-0.4, -0.2) is 28.9 Å². The first kappa shape index (κ1) is 11.8. The molecule has 1 aliphatic rings. The van der Waals surface area contributed by atoms with E-state index in [2.05, 4.69) is 48.1 Å². The predicted octanol–water partition coefficient (Wildman–Crippen LogP) is 1.92. The van der Waals surface area contributed by atoms with Crippen LogP contribution in [0.25, 0.3) is 10.9 Å². The number of aliphatic hydroxyl groups is 1. The molecule has 96 valence electrons. The number of aryl methyl sites for hydroxylation is 1. The summed E-state index contributed by atoms with van der Waals surface area (Å²) in [6.07, 6.45) is 0.735. The summed E-state index contributed by atoms with van der Waals surface area (Å²) in [6, 6.07) is 8.48. The second-order valence-corrected chi connectivity index (χ2v) is 5.24. The van der Waals surface area contributed by atoms with Crippen molar-refractivity contribution in [3.8, 4) is 0 Å². The number of aliphatic hydroxyl groups excluding tert-OH is 1. The highest BCUT2D eigenvalue weighted by atomic mass is 16.3. The molecule has 1 saturated heterocycles. The Balaban J connectivity index is 2.18. The number of para-hydroxylation sites is 1. The molecule has 0 saturated carbocycles. The molecule has 1 aromatic heterocycles. The van der Waals surface area contributed by atoms with Gasteiger partial charge in [-0.05, 0) is 31.5 Å². The molecule has 1 fully saturated rings. The first-order valence-electron chi connectivity index (χ1n) is 6.63. The number of piperidine rings is 1.